The van der Waals surface area contributed by atoms with Gasteiger partial charge in [0.2, 0.25) is 16.4 Å². The summed E-state index contributed by atoms with van der Waals surface area (Å²) in [4.78, 5) is 30.9. The van der Waals surface area contributed by atoms with E-state index in [0.717, 1.165) is 18.2 Å². The molecule has 242 valence electrons. The Hall–Kier alpha value is -4.20. The number of rotatable bonds is 9. The van der Waals surface area contributed by atoms with E-state index in [-0.39, 0.29) is 65.6 Å². The zero-order valence-electron chi connectivity index (χ0n) is 24.5. The first-order valence-corrected chi connectivity index (χ1v) is 16.6. The second-order valence-corrected chi connectivity index (χ2v) is 13.5. The average Bonchev–Trinajstić information content (AvgIpc) is 3.04. The van der Waals surface area contributed by atoms with Gasteiger partial charge in [-0.05, 0) is 71.8 Å². The lowest BCUT2D eigenvalue weighted by Gasteiger charge is -2.26. The highest BCUT2D eigenvalue weighted by Crippen LogP contribution is 2.36. The molecule has 0 aliphatic carbocycles. The molecule has 14 heteroatoms. The fourth-order valence-corrected chi connectivity index (χ4v) is 7.61. The number of halogens is 4. The zero-order valence-corrected chi connectivity index (χ0v) is 26.8. The summed E-state index contributed by atoms with van der Waals surface area (Å²) in [5.41, 5.74) is 1.26. The molecule has 1 aliphatic heterocycles. The maximum Gasteiger partial charge on any atom is 0.266 e. The number of carbonyl (C=O) groups excluding carboxylic acids is 1. The summed E-state index contributed by atoms with van der Waals surface area (Å²) in [6.07, 6.45) is 0.268. The highest BCUT2D eigenvalue weighted by atomic mass is 35.5. The maximum absolute atomic E-state index is 14.2. The lowest BCUT2D eigenvalue weighted by atomic mass is 10.0. The van der Waals surface area contributed by atoms with E-state index in [1.165, 1.54) is 33.1 Å². The van der Waals surface area contributed by atoms with Crippen LogP contribution in [0, 0.1) is 11.6 Å². The van der Waals surface area contributed by atoms with Gasteiger partial charge in [-0.25, -0.2) is 22.2 Å². The smallest absolute Gasteiger partial charge is 0.266 e. The Morgan fingerprint density at radius 1 is 0.936 bits per heavy atom. The number of benzene rings is 4. The highest BCUT2D eigenvalue weighted by Gasteiger charge is 2.27. The lowest BCUT2D eigenvalue weighted by Crippen LogP contribution is -2.40. The Labute approximate surface area is 278 Å². The molecule has 1 N–H and O–H groups in total. The zero-order chi connectivity index (χ0) is 33.3. The van der Waals surface area contributed by atoms with Crippen LogP contribution in [0.1, 0.15) is 17.4 Å². The van der Waals surface area contributed by atoms with Gasteiger partial charge in [-0.15, -0.1) is 0 Å². The molecule has 0 spiro atoms. The van der Waals surface area contributed by atoms with Crippen LogP contribution in [0.3, 0.4) is 0 Å². The van der Waals surface area contributed by atoms with Crippen LogP contribution >= 0.6 is 23.2 Å². The van der Waals surface area contributed by atoms with Crippen LogP contribution in [-0.2, 0) is 26.0 Å². The first-order valence-electron chi connectivity index (χ1n) is 14.4. The molecule has 4 aromatic carbocycles. The maximum atomic E-state index is 14.2. The number of hydrogen-bond acceptors (Lipinski definition) is 6. The molecule has 5 aromatic rings. The van der Waals surface area contributed by atoms with Crippen molar-refractivity contribution in [2.45, 2.75) is 17.4 Å². The normalized spacial score (nSPS) is 14.6. The van der Waals surface area contributed by atoms with Crippen LogP contribution in [-0.4, -0.2) is 55.0 Å². The topological polar surface area (TPSA) is 111 Å². The molecular formula is C33H26Cl2F2N4O5S. The van der Waals surface area contributed by atoms with Gasteiger partial charge in [-0.3, -0.25) is 14.2 Å². The van der Waals surface area contributed by atoms with Gasteiger partial charge in [-0.1, -0.05) is 35.3 Å². The number of aromatic nitrogens is 2. The summed E-state index contributed by atoms with van der Waals surface area (Å²) in [6.45, 7) is 0.986. The van der Waals surface area contributed by atoms with Crippen molar-refractivity contribution >= 4 is 50.5 Å². The Balaban J connectivity index is 1.53. The van der Waals surface area contributed by atoms with Crippen molar-refractivity contribution in [1.82, 2.24) is 19.2 Å². The van der Waals surface area contributed by atoms with E-state index >= 15 is 0 Å². The fraction of sp³-hybridized carbons (Fsp3) is 0.182. The van der Waals surface area contributed by atoms with Gasteiger partial charge < -0.3 is 10.1 Å². The lowest BCUT2D eigenvalue weighted by molar-refractivity contribution is -0.110. The van der Waals surface area contributed by atoms with Gasteiger partial charge in [0.1, 0.15) is 17.5 Å². The molecule has 1 unspecified atom stereocenters. The number of nitrogens with one attached hydrogen (secondary N) is 1. The third kappa shape index (κ3) is 6.65. The van der Waals surface area contributed by atoms with Gasteiger partial charge in [0.15, 0.2) is 0 Å². The minimum Gasteiger partial charge on any atom is -0.379 e. The average molecular weight is 700 g/mol. The van der Waals surface area contributed by atoms with E-state index in [0.29, 0.717) is 27.6 Å². The number of ether oxygens (including phenoxy) is 1. The Kier molecular flexibility index (Phi) is 9.40. The van der Waals surface area contributed by atoms with Crippen LogP contribution in [0.2, 0.25) is 10.0 Å². The molecule has 0 saturated carbocycles. The molecule has 2 heterocycles. The van der Waals surface area contributed by atoms with Crippen molar-refractivity contribution < 1.29 is 26.7 Å². The van der Waals surface area contributed by atoms with E-state index in [9.17, 15) is 26.8 Å². The summed E-state index contributed by atoms with van der Waals surface area (Å²) in [6, 6.07) is 17.5. The van der Waals surface area contributed by atoms with Gasteiger partial charge in [0.25, 0.3) is 5.56 Å². The fourth-order valence-electron chi connectivity index (χ4n) is 5.59. The molecule has 47 heavy (non-hydrogen) atoms. The van der Waals surface area contributed by atoms with Crippen LogP contribution in [0.5, 0.6) is 0 Å². The predicted molar refractivity (Wildman–Crippen MR) is 174 cm³/mol. The summed E-state index contributed by atoms with van der Waals surface area (Å²) < 4.78 is 62.6. The number of sulfonamides is 1. The second-order valence-electron chi connectivity index (χ2n) is 10.8. The molecule has 0 radical (unpaired) electrons. The minimum atomic E-state index is -3.83. The number of hydrogen-bond donors (Lipinski definition) is 1. The summed E-state index contributed by atoms with van der Waals surface area (Å²) in [5.74, 6) is -1.59. The number of amides is 1. The third-order valence-electron chi connectivity index (χ3n) is 7.79. The quantitative estimate of drug-likeness (QED) is 0.198. The molecular weight excluding hydrogens is 673 g/mol. The van der Waals surface area contributed by atoms with Crippen molar-refractivity contribution in [3.63, 3.8) is 0 Å². The molecule has 1 saturated heterocycles. The Bertz CT molecular complexity index is 2120. The highest BCUT2D eigenvalue weighted by molar-refractivity contribution is 7.89. The predicted octanol–water partition coefficient (Wildman–Crippen LogP) is 5.69. The first-order chi connectivity index (χ1) is 22.6. The summed E-state index contributed by atoms with van der Waals surface area (Å²) >= 11 is 12.9. The number of carbonyl (C=O) groups is 1. The van der Waals surface area contributed by atoms with Gasteiger partial charge in [0.05, 0.1) is 40.7 Å². The van der Waals surface area contributed by atoms with Crippen LogP contribution in [0.25, 0.3) is 27.7 Å². The molecule has 1 amide bonds. The first kappa shape index (κ1) is 32.7. The standard InChI is InChI=1S/C33H26Cl2F2N4O5S/c34-27-2-1-3-28(35)31(27)21-4-9-26-29(17-21)39-32(30(38-19-42)16-20-14-22(36)18-23(37)15-20)41(33(26)43)24-5-7-25(8-6-24)47(44,45)40-10-12-46-13-11-40/h1-9,14-15,17-19,30H,10-13,16H2,(H,38,42). The number of fused-ring (bicyclic) bond motifs is 1. The van der Waals surface area contributed by atoms with Crippen LogP contribution < -0.4 is 10.9 Å². The summed E-state index contributed by atoms with van der Waals surface area (Å²) in [7, 11) is -3.83. The van der Waals surface area contributed by atoms with Gasteiger partial charge >= 0.3 is 0 Å². The van der Waals surface area contributed by atoms with Crippen molar-refractivity contribution in [1.29, 1.82) is 0 Å². The minimum absolute atomic E-state index is 0.0190. The molecule has 6 rings (SSSR count). The number of morpholine rings is 1. The molecule has 0 bridgehead atoms. The summed E-state index contributed by atoms with van der Waals surface area (Å²) in [5, 5.41) is 3.59. The SMILES string of the molecule is O=CNC(Cc1cc(F)cc(F)c1)c1nc2cc(-c3c(Cl)cccc3Cl)ccc2c(=O)n1-c1ccc(S(=O)(=O)N2CCOCC2)cc1. The van der Waals surface area contributed by atoms with E-state index in [4.69, 9.17) is 32.9 Å². The van der Waals surface area contributed by atoms with E-state index in [2.05, 4.69) is 5.32 Å². The van der Waals surface area contributed by atoms with Crippen molar-refractivity contribution in [2.75, 3.05) is 26.3 Å². The van der Waals surface area contributed by atoms with Crippen molar-refractivity contribution in [3.8, 4) is 16.8 Å². The largest absolute Gasteiger partial charge is 0.379 e. The molecule has 1 aliphatic rings. The Morgan fingerprint density at radius 2 is 1.60 bits per heavy atom. The third-order valence-corrected chi connectivity index (χ3v) is 10.3. The Morgan fingerprint density at radius 3 is 2.23 bits per heavy atom. The van der Waals surface area contributed by atoms with E-state index in [1.54, 1.807) is 36.4 Å². The molecule has 9 nitrogen and oxygen atoms in total. The molecule has 1 fully saturated rings. The van der Waals surface area contributed by atoms with E-state index in [1.807, 2.05) is 0 Å². The molecule has 1 atom stereocenters. The van der Waals surface area contributed by atoms with E-state index < -0.39 is 33.3 Å². The second kappa shape index (κ2) is 13.5. The van der Waals surface area contributed by atoms with Gasteiger partial charge in [-0.2, -0.15) is 4.31 Å². The molecule has 1 aromatic heterocycles. The number of nitrogens with zero attached hydrogens (tertiary/aromatic N) is 3. The van der Waals surface area contributed by atoms with Crippen molar-refractivity contribution in [2.24, 2.45) is 0 Å². The van der Waals surface area contributed by atoms with Crippen LogP contribution in [0.4, 0.5) is 8.78 Å². The van der Waals surface area contributed by atoms with Gasteiger partial charge in [0, 0.05) is 41.2 Å². The van der Waals surface area contributed by atoms with Crippen molar-refractivity contribution in [3.05, 3.63) is 122 Å². The monoisotopic (exact) mass is 698 g/mol. The van der Waals surface area contributed by atoms with Crippen LogP contribution in [0.15, 0.2) is 88.6 Å².